The van der Waals surface area contributed by atoms with Crippen LogP contribution in [-0.2, 0) is 13.1 Å². The van der Waals surface area contributed by atoms with Gasteiger partial charge in [-0.15, -0.1) is 11.3 Å². The molecule has 5 rings (SSSR count). The van der Waals surface area contributed by atoms with Crippen molar-refractivity contribution < 1.29 is 0 Å². The first-order chi connectivity index (χ1) is 14.8. The largest absolute Gasteiger partial charge is 0.297 e. The lowest BCUT2D eigenvalue weighted by Crippen LogP contribution is -2.45. The molecule has 0 N–H and O–H groups in total. The van der Waals surface area contributed by atoms with E-state index in [4.69, 9.17) is 5.10 Å². The molecule has 0 aliphatic carbocycles. The van der Waals surface area contributed by atoms with E-state index in [2.05, 4.69) is 88.1 Å². The molecule has 0 saturated carbocycles. The lowest BCUT2D eigenvalue weighted by molar-refractivity contribution is 0.122. The number of piperazine rings is 1. The molecule has 0 spiro atoms. The molecular weight excluding hydrogens is 388 g/mol. The van der Waals surface area contributed by atoms with E-state index >= 15 is 0 Å². The summed E-state index contributed by atoms with van der Waals surface area (Å²) in [6, 6.07) is 25.4. The second kappa shape index (κ2) is 8.96. The van der Waals surface area contributed by atoms with Gasteiger partial charge in [-0.25, -0.2) is 4.68 Å². The van der Waals surface area contributed by atoms with E-state index in [1.165, 1.54) is 16.0 Å². The maximum absolute atomic E-state index is 4.95. The van der Waals surface area contributed by atoms with Crippen LogP contribution in [0.3, 0.4) is 0 Å². The van der Waals surface area contributed by atoms with Gasteiger partial charge in [-0.3, -0.25) is 9.80 Å². The Labute approximate surface area is 182 Å². The van der Waals surface area contributed by atoms with E-state index in [1.54, 1.807) is 11.3 Å². The van der Waals surface area contributed by atoms with E-state index in [0.717, 1.165) is 50.6 Å². The molecule has 3 heterocycles. The number of aromatic nitrogens is 2. The average molecular weight is 415 g/mol. The third kappa shape index (κ3) is 4.38. The second-order valence-corrected chi connectivity index (χ2v) is 8.75. The minimum atomic E-state index is 0.944. The molecule has 4 aromatic rings. The highest BCUT2D eigenvalue weighted by molar-refractivity contribution is 7.13. The van der Waals surface area contributed by atoms with E-state index in [0.29, 0.717) is 0 Å². The summed E-state index contributed by atoms with van der Waals surface area (Å²) in [7, 11) is 0. The zero-order valence-electron chi connectivity index (χ0n) is 17.0. The fourth-order valence-corrected chi connectivity index (χ4v) is 4.79. The Balaban J connectivity index is 1.29. The quantitative estimate of drug-likeness (QED) is 0.448. The monoisotopic (exact) mass is 414 g/mol. The van der Waals surface area contributed by atoms with Crippen molar-refractivity contribution in [2.24, 2.45) is 0 Å². The minimum Gasteiger partial charge on any atom is -0.297 e. The SMILES string of the molecule is c1ccc(CN2CCN(Cc3cn(-c4ccccc4)nc3-c3cccs3)CC2)cc1. The molecule has 1 fully saturated rings. The van der Waals surface area contributed by atoms with Gasteiger partial charge in [0.05, 0.1) is 10.6 Å². The van der Waals surface area contributed by atoms with Crippen molar-refractivity contribution in [3.63, 3.8) is 0 Å². The summed E-state index contributed by atoms with van der Waals surface area (Å²) in [6.45, 7) is 6.38. The van der Waals surface area contributed by atoms with Gasteiger partial charge in [0.1, 0.15) is 5.69 Å². The maximum atomic E-state index is 4.95. The van der Waals surface area contributed by atoms with Gasteiger partial charge >= 0.3 is 0 Å². The molecule has 152 valence electrons. The van der Waals surface area contributed by atoms with Crippen LogP contribution in [0.1, 0.15) is 11.1 Å². The number of thiophene rings is 1. The molecule has 0 radical (unpaired) electrons. The fourth-order valence-electron chi connectivity index (χ4n) is 4.05. The number of hydrogen-bond acceptors (Lipinski definition) is 4. The Hall–Kier alpha value is -2.73. The molecule has 2 aromatic heterocycles. The first-order valence-corrected chi connectivity index (χ1v) is 11.4. The zero-order valence-corrected chi connectivity index (χ0v) is 17.8. The van der Waals surface area contributed by atoms with Gasteiger partial charge < -0.3 is 0 Å². The van der Waals surface area contributed by atoms with Crippen LogP contribution < -0.4 is 0 Å². The van der Waals surface area contributed by atoms with Crippen LogP contribution in [-0.4, -0.2) is 45.8 Å². The number of para-hydroxylation sites is 1. The first kappa shape index (κ1) is 19.2. The molecule has 5 heteroatoms. The number of hydrogen-bond donors (Lipinski definition) is 0. The van der Waals surface area contributed by atoms with Crippen molar-refractivity contribution in [1.82, 2.24) is 19.6 Å². The van der Waals surface area contributed by atoms with Crippen LogP contribution in [0.4, 0.5) is 0 Å². The molecule has 1 saturated heterocycles. The molecule has 30 heavy (non-hydrogen) atoms. The molecular formula is C25H26N4S. The van der Waals surface area contributed by atoms with E-state index in [9.17, 15) is 0 Å². The maximum Gasteiger partial charge on any atom is 0.107 e. The summed E-state index contributed by atoms with van der Waals surface area (Å²) >= 11 is 1.76. The lowest BCUT2D eigenvalue weighted by atomic mass is 10.1. The van der Waals surface area contributed by atoms with Gasteiger partial charge in [0.2, 0.25) is 0 Å². The van der Waals surface area contributed by atoms with Crippen LogP contribution in [0.2, 0.25) is 0 Å². The fraction of sp³-hybridized carbons (Fsp3) is 0.240. The summed E-state index contributed by atoms with van der Waals surface area (Å²) in [5, 5.41) is 7.08. The third-order valence-electron chi connectivity index (χ3n) is 5.67. The van der Waals surface area contributed by atoms with Gasteiger partial charge in [-0.2, -0.15) is 5.10 Å². The predicted octanol–water partition coefficient (Wildman–Crippen LogP) is 4.92. The van der Waals surface area contributed by atoms with Crippen LogP contribution in [0.25, 0.3) is 16.3 Å². The Bertz CT molecular complexity index is 1050. The number of nitrogens with zero attached hydrogens (tertiary/aromatic N) is 4. The Kier molecular flexibility index (Phi) is 5.75. The molecule has 4 nitrogen and oxygen atoms in total. The first-order valence-electron chi connectivity index (χ1n) is 10.5. The molecule has 0 unspecified atom stereocenters. The smallest absolute Gasteiger partial charge is 0.107 e. The topological polar surface area (TPSA) is 24.3 Å². The van der Waals surface area contributed by atoms with Crippen LogP contribution in [0, 0.1) is 0 Å². The molecule has 0 amide bonds. The molecule has 0 bridgehead atoms. The standard InChI is InChI=1S/C25H26N4S/c1-3-8-21(9-4-1)18-27-13-15-28(16-14-27)19-22-20-29(23-10-5-2-6-11-23)26-25(22)24-12-7-17-30-24/h1-12,17,20H,13-16,18-19H2. The van der Waals surface area contributed by atoms with Gasteiger partial charge in [-0.05, 0) is 29.1 Å². The molecule has 2 aromatic carbocycles. The van der Waals surface area contributed by atoms with Gasteiger partial charge in [-0.1, -0.05) is 54.6 Å². The lowest BCUT2D eigenvalue weighted by Gasteiger charge is -2.34. The third-order valence-corrected chi connectivity index (χ3v) is 6.55. The minimum absolute atomic E-state index is 0.944. The van der Waals surface area contributed by atoms with E-state index in [-0.39, 0.29) is 0 Å². The molecule has 0 atom stereocenters. The van der Waals surface area contributed by atoms with Crippen LogP contribution in [0.15, 0.2) is 84.4 Å². The van der Waals surface area contributed by atoms with Gasteiger partial charge in [0.15, 0.2) is 0 Å². The predicted molar refractivity (Wildman–Crippen MR) is 124 cm³/mol. The van der Waals surface area contributed by atoms with Crippen molar-refractivity contribution in [2.75, 3.05) is 26.2 Å². The van der Waals surface area contributed by atoms with Gasteiger partial charge in [0, 0.05) is 51.0 Å². The van der Waals surface area contributed by atoms with Crippen LogP contribution in [0.5, 0.6) is 0 Å². The summed E-state index contributed by atoms with van der Waals surface area (Å²) in [4.78, 5) is 6.35. The van der Waals surface area contributed by atoms with Crippen molar-refractivity contribution in [1.29, 1.82) is 0 Å². The Morgan fingerprint density at radius 3 is 2.07 bits per heavy atom. The number of rotatable bonds is 6. The summed E-state index contributed by atoms with van der Waals surface area (Å²) < 4.78 is 2.02. The normalized spacial score (nSPS) is 15.5. The van der Waals surface area contributed by atoms with Crippen molar-refractivity contribution >= 4 is 11.3 Å². The summed E-state index contributed by atoms with van der Waals surface area (Å²) in [5.74, 6) is 0. The average Bonchev–Trinajstić information content (AvgIpc) is 3.47. The Morgan fingerprint density at radius 1 is 0.733 bits per heavy atom. The zero-order chi connectivity index (χ0) is 20.2. The van der Waals surface area contributed by atoms with Crippen LogP contribution >= 0.6 is 11.3 Å². The summed E-state index contributed by atoms with van der Waals surface area (Å²) in [6.07, 6.45) is 2.21. The van der Waals surface area contributed by atoms with Gasteiger partial charge in [0.25, 0.3) is 0 Å². The highest BCUT2D eigenvalue weighted by Gasteiger charge is 2.20. The van der Waals surface area contributed by atoms with E-state index < -0.39 is 0 Å². The highest BCUT2D eigenvalue weighted by atomic mass is 32.1. The Morgan fingerprint density at radius 2 is 1.40 bits per heavy atom. The summed E-state index contributed by atoms with van der Waals surface area (Å²) in [5.41, 5.74) is 4.92. The highest BCUT2D eigenvalue weighted by Crippen LogP contribution is 2.29. The second-order valence-electron chi connectivity index (χ2n) is 7.80. The van der Waals surface area contributed by atoms with Crippen molar-refractivity contribution in [3.05, 3.63) is 95.5 Å². The van der Waals surface area contributed by atoms with Crippen molar-refractivity contribution in [2.45, 2.75) is 13.1 Å². The van der Waals surface area contributed by atoms with Crippen molar-refractivity contribution in [3.8, 4) is 16.3 Å². The molecule has 1 aliphatic heterocycles. The molecule has 1 aliphatic rings. The van der Waals surface area contributed by atoms with E-state index in [1.807, 2.05) is 10.7 Å². The number of benzene rings is 2.